The molecule has 0 bridgehead atoms. The number of hydrogen-bond acceptors (Lipinski definition) is 4. The van der Waals surface area contributed by atoms with Crippen LogP contribution in [-0.4, -0.2) is 49.7 Å². The van der Waals surface area contributed by atoms with E-state index in [0.717, 1.165) is 24.0 Å². The largest absolute Gasteiger partial charge is 0.368 e. The maximum atomic E-state index is 13.0. The van der Waals surface area contributed by atoms with Crippen molar-refractivity contribution in [2.24, 2.45) is 5.73 Å². The van der Waals surface area contributed by atoms with Crippen LogP contribution in [0, 0.1) is 0 Å². The van der Waals surface area contributed by atoms with Gasteiger partial charge in [-0.1, -0.05) is 49.2 Å². The Morgan fingerprint density at radius 3 is 2.14 bits per heavy atom. The second kappa shape index (κ2) is 9.26. The number of hydrogen-bond donors (Lipinski definition) is 1. The lowest BCUT2D eigenvalue weighted by Crippen LogP contribution is -2.51. The maximum absolute atomic E-state index is 13.0. The second-order valence-corrected chi connectivity index (χ2v) is 9.56. The van der Waals surface area contributed by atoms with Crippen molar-refractivity contribution in [1.29, 1.82) is 0 Å². The third-order valence-electron chi connectivity index (χ3n) is 5.19. The number of carbonyl (C=O) groups excluding carboxylic acids is 1. The van der Waals surface area contributed by atoms with Gasteiger partial charge in [0.15, 0.2) is 0 Å². The molecule has 1 amide bonds. The number of benzene rings is 2. The Morgan fingerprint density at radius 1 is 1.03 bits per heavy atom. The van der Waals surface area contributed by atoms with Crippen LogP contribution in [0.4, 0.5) is 0 Å². The average molecular weight is 436 g/mol. The number of sulfonamides is 1. The normalized spacial score (nSPS) is 17.2. The summed E-state index contributed by atoms with van der Waals surface area (Å²) in [6, 6.07) is 13.5. The maximum Gasteiger partial charge on any atom is 0.243 e. The Balaban J connectivity index is 1.71. The van der Waals surface area contributed by atoms with E-state index in [1.165, 1.54) is 4.31 Å². The molecule has 2 aromatic rings. The number of piperazine rings is 1. The van der Waals surface area contributed by atoms with Crippen LogP contribution in [-0.2, 0) is 21.2 Å². The average Bonchev–Trinajstić information content (AvgIpc) is 2.70. The number of nitrogens with two attached hydrogens (primary N) is 1. The van der Waals surface area contributed by atoms with Gasteiger partial charge in [0.25, 0.3) is 0 Å². The van der Waals surface area contributed by atoms with Crippen molar-refractivity contribution in [2.45, 2.75) is 30.7 Å². The first-order chi connectivity index (χ1) is 13.8. The van der Waals surface area contributed by atoms with Crippen molar-refractivity contribution in [1.82, 2.24) is 9.21 Å². The molecule has 3 rings (SSSR count). The number of carbonyl (C=O) groups is 1. The van der Waals surface area contributed by atoms with Crippen molar-refractivity contribution >= 4 is 27.5 Å². The number of primary amides is 1. The van der Waals surface area contributed by atoms with E-state index in [9.17, 15) is 13.2 Å². The monoisotopic (exact) mass is 435 g/mol. The highest BCUT2D eigenvalue weighted by atomic mass is 35.5. The zero-order chi connectivity index (χ0) is 21.0. The van der Waals surface area contributed by atoms with Crippen LogP contribution in [0.1, 0.15) is 30.5 Å². The minimum atomic E-state index is -3.56. The number of nitrogens with zero attached hydrogens (tertiary/aromatic N) is 2. The van der Waals surface area contributed by atoms with Crippen molar-refractivity contribution in [2.75, 3.05) is 26.2 Å². The number of amides is 1. The minimum Gasteiger partial charge on any atom is -0.368 e. The van der Waals surface area contributed by atoms with E-state index in [1.54, 1.807) is 36.4 Å². The summed E-state index contributed by atoms with van der Waals surface area (Å²) in [6.07, 6.45) is 1.95. The van der Waals surface area contributed by atoms with E-state index in [2.05, 4.69) is 6.92 Å². The molecular formula is C21H26ClN3O3S. The third kappa shape index (κ3) is 4.98. The smallest absolute Gasteiger partial charge is 0.243 e. The molecule has 8 heteroatoms. The van der Waals surface area contributed by atoms with Gasteiger partial charge in [-0.3, -0.25) is 9.69 Å². The Labute approximate surface area is 177 Å². The van der Waals surface area contributed by atoms with E-state index < -0.39 is 22.0 Å². The van der Waals surface area contributed by atoms with E-state index in [1.807, 2.05) is 17.0 Å². The first-order valence-corrected chi connectivity index (χ1v) is 11.5. The molecule has 29 heavy (non-hydrogen) atoms. The topological polar surface area (TPSA) is 83.7 Å². The molecule has 1 unspecified atom stereocenters. The summed E-state index contributed by atoms with van der Waals surface area (Å²) in [5.74, 6) is -0.463. The van der Waals surface area contributed by atoms with Crippen LogP contribution >= 0.6 is 11.6 Å². The molecule has 156 valence electrons. The molecule has 1 aliphatic rings. The summed E-state index contributed by atoms with van der Waals surface area (Å²) in [4.78, 5) is 14.3. The Morgan fingerprint density at radius 2 is 1.62 bits per heavy atom. The molecule has 0 aliphatic carbocycles. The Kier molecular flexibility index (Phi) is 6.95. The van der Waals surface area contributed by atoms with Crippen molar-refractivity contribution in [3.63, 3.8) is 0 Å². The number of halogens is 1. The van der Waals surface area contributed by atoms with Gasteiger partial charge in [-0.2, -0.15) is 4.31 Å². The van der Waals surface area contributed by atoms with Gasteiger partial charge in [-0.25, -0.2) is 8.42 Å². The second-order valence-electron chi connectivity index (χ2n) is 7.19. The summed E-state index contributed by atoms with van der Waals surface area (Å²) in [7, 11) is -3.56. The fourth-order valence-corrected chi connectivity index (χ4v) is 5.22. The number of rotatable bonds is 7. The molecule has 0 saturated carbocycles. The van der Waals surface area contributed by atoms with E-state index >= 15 is 0 Å². The summed E-state index contributed by atoms with van der Waals surface area (Å²) in [6.45, 7) is 3.53. The van der Waals surface area contributed by atoms with Crippen LogP contribution in [0.15, 0.2) is 53.4 Å². The molecular weight excluding hydrogens is 410 g/mol. The fraction of sp³-hybridized carbons (Fsp3) is 0.381. The Hall–Kier alpha value is -1.93. The summed E-state index contributed by atoms with van der Waals surface area (Å²) >= 11 is 5.93. The first-order valence-electron chi connectivity index (χ1n) is 9.71. The van der Waals surface area contributed by atoms with Gasteiger partial charge in [0.05, 0.1) is 4.90 Å². The predicted octanol–water partition coefficient (Wildman–Crippen LogP) is 2.83. The summed E-state index contributed by atoms with van der Waals surface area (Å²) in [5.41, 5.74) is 7.53. The third-order valence-corrected chi connectivity index (χ3v) is 7.36. The van der Waals surface area contributed by atoms with Gasteiger partial charge < -0.3 is 5.73 Å². The van der Waals surface area contributed by atoms with Crippen molar-refractivity contribution in [3.05, 3.63) is 64.7 Å². The van der Waals surface area contributed by atoms with Crippen LogP contribution in [0.5, 0.6) is 0 Å². The molecule has 1 aliphatic heterocycles. The highest BCUT2D eigenvalue weighted by Crippen LogP contribution is 2.26. The molecule has 1 heterocycles. The molecule has 0 radical (unpaired) electrons. The molecule has 6 nitrogen and oxygen atoms in total. The van der Waals surface area contributed by atoms with E-state index in [-0.39, 0.29) is 0 Å². The lowest BCUT2D eigenvalue weighted by Gasteiger charge is -2.37. The van der Waals surface area contributed by atoms with Gasteiger partial charge >= 0.3 is 0 Å². The van der Waals surface area contributed by atoms with Crippen molar-refractivity contribution in [3.8, 4) is 0 Å². The van der Waals surface area contributed by atoms with Crippen LogP contribution < -0.4 is 5.73 Å². The lowest BCUT2D eigenvalue weighted by molar-refractivity contribution is -0.124. The SMILES string of the molecule is CCCc1ccc(S(=O)(=O)N2CCN(C(C(N)=O)c3ccc(Cl)cc3)CC2)cc1. The van der Waals surface area contributed by atoms with E-state index in [0.29, 0.717) is 36.1 Å². The van der Waals surface area contributed by atoms with Gasteiger partial charge in [0.2, 0.25) is 15.9 Å². The van der Waals surface area contributed by atoms with Gasteiger partial charge in [-0.15, -0.1) is 0 Å². The zero-order valence-electron chi connectivity index (χ0n) is 16.4. The van der Waals surface area contributed by atoms with E-state index in [4.69, 9.17) is 17.3 Å². The molecule has 2 N–H and O–H groups in total. The minimum absolute atomic E-state index is 0.301. The highest BCUT2D eigenvalue weighted by Gasteiger charge is 2.33. The van der Waals surface area contributed by atoms with Crippen LogP contribution in [0.3, 0.4) is 0 Å². The number of aryl methyl sites for hydroxylation is 1. The predicted molar refractivity (Wildman–Crippen MR) is 114 cm³/mol. The molecule has 0 spiro atoms. The van der Waals surface area contributed by atoms with Gasteiger partial charge in [-0.05, 0) is 41.8 Å². The summed E-state index contributed by atoms with van der Waals surface area (Å²) in [5, 5.41) is 0.581. The molecule has 1 fully saturated rings. The van der Waals surface area contributed by atoms with Crippen molar-refractivity contribution < 1.29 is 13.2 Å². The highest BCUT2D eigenvalue weighted by molar-refractivity contribution is 7.89. The molecule has 0 aromatic heterocycles. The van der Waals surface area contributed by atoms with Gasteiger partial charge in [0, 0.05) is 31.2 Å². The van der Waals surface area contributed by atoms with Crippen LogP contribution in [0.25, 0.3) is 0 Å². The quantitative estimate of drug-likeness (QED) is 0.724. The molecule has 1 saturated heterocycles. The molecule has 2 aromatic carbocycles. The van der Waals surface area contributed by atoms with Gasteiger partial charge in [0.1, 0.15) is 6.04 Å². The first kappa shape index (κ1) is 21.8. The zero-order valence-corrected chi connectivity index (χ0v) is 18.0. The lowest BCUT2D eigenvalue weighted by atomic mass is 10.0. The fourth-order valence-electron chi connectivity index (χ4n) is 3.67. The standard InChI is InChI=1S/C21H26ClN3O3S/c1-2-3-16-4-10-19(11-5-16)29(27,28)25-14-12-24(13-15-25)20(21(23)26)17-6-8-18(22)9-7-17/h4-11,20H,2-3,12-15H2,1H3,(H2,23,26). The summed E-state index contributed by atoms with van der Waals surface area (Å²) < 4.78 is 27.4. The van der Waals surface area contributed by atoms with Crippen LogP contribution in [0.2, 0.25) is 5.02 Å². The Bertz CT molecular complexity index is 938. The molecule has 1 atom stereocenters.